The molecule has 0 saturated heterocycles. The number of aromatic nitrogens is 3. The zero-order valence-electron chi connectivity index (χ0n) is 18.6. The third-order valence-corrected chi connectivity index (χ3v) is 7.83. The first-order valence-electron chi connectivity index (χ1n) is 10.3. The van der Waals surface area contributed by atoms with E-state index in [1.807, 2.05) is 29.9 Å². The fourth-order valence-electron chi connectivity index (χ4n) is 3.49. The normalized spacial score (nSPS) is 11.6. The minimum absolute atomic E-state index is 0.0326. The van der Waals surface area contributed by atoms with E-state index in [-0.39, 0.29) is 44.5 Å². The number of halogens is 3. The number of hydrogen-bond donors (Lipinski definition) is 0. The molecule has 8 nitrogen and oxygen atoms in total. The van der Waals surface area contributed by atoms with E-state index in [2.05, 4.69) is 9.97 Å². The summed E-state index contributed by atoms with van der Waals surface area (Å²) in [5.41, 5.74) is 1.48. The maximum Gasteiger partial charge on any atom is 0.338 e. The van der Waals surface area contributed by atoms with Crippen molar-refractivity contribution >= 4 is 67.6 Å². The number of esters is 1. The van der Waals surface area contributed by atoms with Crippen LogP contribution in [0.4, 0.5) is 5.82 Å². The number of fused-ring (bicyclic) bond motifs is 1. The zero-order chi connectivity index (χ0) is 25.3. The average molecular weight is 554 g/mol. The summed E-state index contributed by atoms with van der Waals surface area (Å²) in [7, 11) is -2.43. The van der Waals surface area contributed by atoms with Gasteiger partial charge in [-0.05, 0) is 48.9 Å². The van der Waals surface area contributed by atoms with E-state index in [0.717, 1.165) is 15.3 Å². The Balaban J connectivity index is 1.81. The molecule has 0 radical (unpaired) electrons. The van der Waals surface area contributed by atoms with Crippen molar-refractivity contribution in [3.8, 4) is 0 Å². The fourth-order valence-corrected chi connectivity index (χ4v) is 5.97. The zero-order valence-corrected chi connectivity index (χ0v) is 21.7. The molecule has 0 unspecified atom stereocenters. The predicted octanol–water partition coefficient (Wildman–Crippen LogP) is 5.50. The van der Waals surface area contributed by atoms with Gasteiger partial charge in [-0.15, -0.1) is 0 Å². The molecule has 0 fully saturated rings. The summed E-state index contributed by atoms with van der Waals surface area (Å²) in [6, 6.07) is 8.95. The Morgan fingerprint density at radius 1 is 1.06 bits per heavy atom. The number of anilines is 1. The molecule has 4 rings (SSSR count). The molecule has 0 amide bonds. The lowest BCUT2D eigenvalue weighted by Crippen LogP contribution is -2.32. The number of carbonyl (C=O) groups is 1. The standard InChI is InChI=1S/C23H19Cl3N4O4S/c1-3-34-23(31)16-4-5-20(18(25)9-16)35(32,33)30(22-19(26)10-17(24)12-28-22)13-14-8-15-6-7-29(2)21(15)27-11-14/h4-12H,3,13H2,1-2H3. The van der Waals surface area contributed by atoms with Gasteiger partial charge in [0.2, 0.25) is 0 Å². The van der Waals surface area contributed by atoms with Crippen LogP contribution in [0, 0.1) is 0 Å². The van der Waals surface area contributed by atoms with Gasteiger partial charge in [-0.1, -0.05) is 34.8 Å². The molecule has 35 heavy (non-hydrogen) atoms. The SMILES string of the molecule is CCOC(=O)c1ccc(S(=O)(=O)N(Cc2cnc3c(ccn3C)c2)c2ncc(Cl)cc2Cl)c(Cl)c1. The predicted molar refractivity (Wildman–Crippen MR) is 136 cm³/mol. The Kier molecular flexibility index (Phi) is 7.23. The highest BCUT2D eigenvalue weighted by Crippen LogP contribution is 2.34. The van der Waals surface area contributed by atoms with E-state index < -0.39 is 16.0 Å². The number of aryl methyl sites for hydroxylation is 1. The summed E-state index contributed by atoms with van der Waals surface area (Å²) in [6.07, 6.45) is 4.74. The molecule has 0 N–H and O–H groups in total. The van der Waals surface area contributed by atoms with Crippen LogP contribution in [0.15, 0.2) is 59.9 Å². The first kappa shape index (κ1) is 25.2. The van der Waals surface area contributed by atoms with E-state index >= 15 is 0 Å². The molecule has 1 aromatic carbocycles. The second-order valence-electron chi connectivity index (χ2n) is 7.52. The van der Waals surface area contributed by atoms with Crippen LogP contribution >= 0.6 is 34.8 Å². The average Bonchev–Trinajstić information content (AvgIpc) is 3.18. The first-order chi connectivity index (χ1) is 16.6. The topological polar surface area (TPSA) is 94.4 Å². The van der Waals surface area contributed by atoms with Crippen molar-refractivity contribution in [1.82, 2.24) is 14.5 Å². The van der Waals surface area contributed by atoms with Crippen LogP contribution < -0.4 is 4.31 Å². The number of nitrogens with zero attached hydrogens (tertiary/aromatic N) is 4. The van der Waals surface area contributed by atoms with Crippen molar-refractivity contribution in [2.75, 3.05) is 10.9 Å². The van der Waals surface area contributed by atoms with Crippen LogP contribution in [0.5, 0.6) is 0 Å². The number of pyridine rings is 2. The third-order valence-electron chi connectivity index (χ3n) is 5.13. The number of benzene rings is 1. The minimum atomic E-state index is -4.29. The number of hydrogen-bond acceptors (Lipinski definition) is 6. The minimum Gasteiger partial charge on any atom is -0.462 e. The Morgan fingerprint density at radius 2 is 1.83 bits per heavy atom. The van der Waals surface area contributed by atoms with Gasteiger partial charge in [0, 0.05) is 31.0 Å². The second kappa shape index (κ2) is 10.0. The Hall–Kier alpha value is -2.85. The van der Waals surface area contributed by atoms with E-state index in [9.17, 15) is 13.2 Å². The lowest BCUT2D eigenvalue weighted by atomic mass is 10.2. The van der Waals surface area contributed by atoms with Gasteiger partial charge in [0.15, 0.2) is 5.82 Å². The number of carbonyl (C=O) groups excluding carboxylic acids is 1. The number of rotatable bonds is 7. The quantitative estimate of drug-likeness (QED) is 0.281. The summed E-state index contributed by atoms with van der Waals surface area (Å²) in [5, 5.41) is 0.978. The van der Waals surface area contributed by atoms with Gasteiger partial charge in [0.1, 0.15) is 10.5 Å². The number of ether oxygens (including phenoxy) is 1. The van der Waals surface area contributed by atoms with Crippen LogP contribution in [-0.2, 0) is 28.4 Å². The van der Waals surface area contributed by atoms with E-state index in [1.54, 1.807) is 13.1 Å². The van der Waals surface area contributed by atoms with Crippen molar-refractivity contribution in [3.63, 3.8) is 0 Å². The molecular formula is C23H19Cl3N4O4S. The number of sulfonamides is 1. The van der Waals surface area contributed by atoms with Gasteiger partial charge in [-0.2, -0.15) is 0 Å². The highest BCUT2D eigenvalue weighted by atomic mass is 35.5. The smallest absolute Gasteiger partial charge is 0.338 e. The summed E-state index contributed by atoms with van der Waals surface area (Å²) in [5.74, 6) is -0.644. The van der Waals surface area contributed by atoms with Crippen molar-refractivity contribution in [2.45, 2.75) is 18.4 Å². The molecule has 0 spiro atoms. The molecule has 3 heterocycles. The molecule has 0 bridgehead atoms. The van der Waals surface area contributed by atoms with Crippen LogP contribution in [-0.4, -0.2) is 35.5 Å². The molecule has 182 valence electrons. The van der Waals surface area contributed by atoms with Gasteiger partial charge in [0.25, 0.3) is 10.0 Å². The maximum atomic E-state index is 13.8. The Morgan fingerprint density at radius 3 is 2.51 bits per heavy atom. The largest absolute Gasteiger partial charge is 0.462 e. The van der Waals surface area contributed by atoms with E-state index in [1.165, 1.54) is 30.5 Å². The van der Waals surface area contributed by atoms with Crippen molar-refractivity contribution < 1.29 is 17.9 Å². The van der Waals surface area contributed by atoms with Crippen molar-refractivity contribution in [2.24, 2.45) is 7.05 Å². The monoisotopic (exact) mass is 552 g/mol. The molecule has 0 aliphatic carbocycles. The third kappa shape index (κ3) is 5.08. The van der Waals surface area contributed by atoms with Crippen LogP contribution in [0.25, 0.3) is 11.0 Å². The molecule has 0 atom stereocenters. The molecule has 3 aromatic heterocycles. The molecule has 0 aliphatic heterocycles. The van der Waals surface area contributed by atoms with Crippen molar-refractivity contribution in [3.05, 3.63) is 81.2 Å². The lowest BCUT2D eigenvalue weighted by Gasteiger charge is -2.25. The van der Waals surface area contributed by atoms with Gasteiger partial charge in [0.05, 0.1) is 33.8 Å². The molecule has 0 saturated carbocycles. The highest BCUT2D eigenvalue weighted by Gasteiger charge is 2.31. The summed E-state index contributed by atoms with van der Waals surface area (Å²) in [4.78, 5) is 20.4. The van der Waals surface area contributed by atoms with Crippen molar-refractivity contribution in [1.29, 1.82) is 0 Å². The highest BCUT2D eigenvalue weighted by molar-refractivity contribution is 7.93. The molecule has 12 heteroatoms. The molecule has 4 aromatic rings. The lowest BCUT2D eigenvalue weighted by molar-refractivity contribution is 0.0526. The van der Waals surface area contributed by atoms with Gasteiger partial charge in [-0.25, -0.2) is 27.5 Å². The van der Waals surface area contributed by atoms with Crippen LogP contribution in [0.2, 0.25) is 15.1 Å². The van der Waals surface area contributed by atoms with Gasteiger partial charge in [-0.3, -0.25) is 0 Å². The van der Waals surface area contributed by atoms with E-state index in [4.69, 9.17) is 39.5 Å². The molecule has 0 aliphatic rings. The first-order valence-corrected chi connectivity index (χ1v) is 12.9. The van der Waals surface area contributed by atoms with Gasteiger partial charge < -0.3 is 9.30 Å². The summed E-state index contributed by atoms with van der Waals surface area (Å²) in [6.45, 7) is 1.70. The Bertz CT molecular complexity index is 1540. The van der Waals surface area contributed by atoms with E-state index in [0.29, 0.717) is 5.56 Å². The molecular weight excluding hydrogens is 535 g/mol. The maximum absolute atomic E-state index is 13.8. The summed E-state index contributed by atoms with van der Waals surface area (Å²) < 4.78 is 35.5. The van der Waals surface area contributed by atoms with Crippen LogP contribution in [0.1, 0.15) is 22.8 Å². The summed E-state index contributed by atoms with van der Waals surface area (Å²) >= 11 is 18.7. The fraction of sp³-hybridized carbons (Fsp3) is 0.174. The Labute approximate surface area is 217 Å². The second-order valence-corrected chi connectivity index (χ2v) is 10.6. The van der Waals surface area contributed by atoms with Crippen LogP contribution in [0.3, 0.4) is 0 Å². The van der Waals surface area contributed by atoms with Gasteiger partial charge >= 0.3 is 5.97 Å².